The van der Waals surface area contributed by atoms with Gasteiger partial charge in [0.1, 0.15) is 16.6 Å². The highest BCUT2D eigenvalue weighted by molar-refractivity contribution is 7.15. The van der Waals surface area contributed by atoms with Crippen molar-refractivity contribution in [3.05, 3.63) is 80.3 Å². The molecular weight excluding hydrogens is 403 g/mol. The van der Waals surface area contributed by atoms with E-state index in [4.69, 9.17) is 23.2 Å². The maximum absolute atomic E-state index is 12.3. The summed E-state index contributed by atoms with van der Waals surface area (Å²) in [4.78, 5) is 12.3. The Morgan fingerprint density at radius 1 is 1.07 bits per heavy atom. The molecule has 3 rings (SSSR count). The molecule has 134 valence electrons. The van der Waals surface area contributed by atoms with Gasteiger partial charge in [-0.2, -0.15) is 5.26 Å². The Morgan fingerprint density at radius 3 is 2.33 bits per heavy atom. The minimum absolute atomic E-state index is 0.0354. The van der Waals surface area contributed by atoms with Crippen LogP contribution in [-0.4, -0.2) is 16.1 Å². The number of nitriles is 1. The van der Waals surface area contributed by atoms with Gasteiger partial charge in [-0.05, 0) is 41.5 Å². The van der Waals surface area contributed by atoms with Crippen molar-refractivity contribution < 1.29 is 4.79 Å². The summed E-state index contributed by atoms with van der Waals surface area (Å²) in [6.45, 7) is 0. The first-order valence-corrected chi connectivity index (χ1v) is 9.36. The summed E-state index contributed by atoms with van der Waals surface area (Å²) in [5.41, 5.74) is 1.70. The molecule has 1 amide bonds. The van der Waals surface area contributed by atoms with E-state index in [0.717, 1.165) is 10.6 Å². The van der Waals surface area contributed by atoms with Crippen molar-refractivity contribution in [1.82, 2.24) is 10.2 Å². The second kappa shape index (κ2) is 8.78. The molecule has 0 spiro atoms. The highest BCUT2D eigenvalue weighted by Gasteiger charge is 2.13. The van der Waals surface area contributed by atoms with Gasteiger partial charge in [0, 0.05) is 16.5 Å². The maximum Gasteiger partial charge on any atom is 0.268 e. The highest BCUT2D eigenvalue weighted by Crippen LogP contribution is 2.20. The second-order valence-electron chi connectivity index (χ2n) is 5.48. The fourth-order valence-electron chi connectivity index (χ4n) is 2.19. The summed E-state index contributed by atoms with van der Waals surface area (Å²) in [6.07, 6.45) is 2.07. The summed E-state index contributed by atoms with van der Waals surface area (Å²) in [6, 6.07) is 16.2. The second-order valence-corrected chi connectivity index (χ2v) is 7.41. The fraction of sp³-hybridized carbons (Fsp3) is 0.0526. The molecule has 0 fully saturated rings. The molecule has 0 unspecified atom stereocenters. The Balaban J connectivity index is 1.68. The molecule has 5 nitrogen and oxygen atoms in total. The summed E-state index contributed by atoms with van der Waals surface area (Å²) in [5, 5.41) is 22.2. The van der Waals surface area contributed by atoms with E-state index in [1.54, 1.807) is 36.4 Å². The van der Waals surface area contributed by atoms with Gasteiger partial charge >= 0.3 is 0 Å². The average Bonchev–Trinajstić information content (AvgIpc) is 3.10. The lowest BCUT2D eigenvalue weighted by molar-refractivity contribution is -0.112. The van der Waals surface area contributed by atoms with Crippen LogP contribution < -0.4 is 5.32 Å². The first kappa shape index (κ1) is 19.1. The standard InChI is InChI=1S/C19H12Cl2N4OS/c20-15-5-1-12(2-6-15)9-14(11-22)18(26)23-19-25-24-17(27-19)10-13-3-7-16(21)8-4-13/h1-9H,10H2,(H,23,25,26)/b14-9+. The van der Waals surface area contributed by atoms with Crippen LogP contribution in [0.25, 0.3) is 6.08 Å². The van der Waals surface area contributed by atoms with Crippen LogP contribution in [0.4, 0.5) is 5.13 Å². The number of carbonyl (C=O) groups is 1. The zero-order valence-electron chi connectivity index (χ0n) is 13.8. The molecule has 0 saturated carbocycles. The molecule has 3 aromatic rings. The van der Waals surface area contributed by atoms with E-state index in [2.05, 4.69) is 15.5 Å². The van der Waals surface area contributed by atoms with Gasteiger partial charge in [-0.1, -0.05) is 58.8 Å². The van der Waals surface area contributed by atoms with Gasteiger partial charge in [0.05, 0.1) is 0 Å². The van der Waals surface area contributed by atoms with E-state index in [1.165, 1.54) is 17.4 Å². The van der Waals surface area contributed by atoms with Crippen LogP contribution in [0.2, 0.25) is 10.0 Å². The molecule has 0 aliphatic rings. The Labute approximate surface area is 169 Å². The minimum Gasteiger partial charge on any atom is -0.296 e. The molecule has 1 heterocycles. The van der Waals surface area contributed by atoms with Crippen LogP contribution in [0, 0.1) is 11.3 Å². The lowest BCUT2D eigenvalue weighted by Crippen LogP contribution is -2.13. The van der Waals surface area contributed by atoms with Crippen LogP contribution in [0.1, 0.15) is 16.1 Å². The van der Waals surface area contributed by atoms with Crippen LogP contribution >= 0.6 is 34.5 Å². The molecule has 2 aromatic carbocycles. The third-order valence-electron chi connectivity index (χ3n) is 3.50. The van der Waals surface area contributed by atoms with E-state index >= 15 is 0 Å². The van der Waals surface area contributed by atoms with Gasteiger partial charge in [-0.15, -0.1) is 10.2 Å². The number of nitrogens with one attached hydrogen (secondary N) is 1. The van der Waals surface area contributed by atoms with Crippen molar-refractivity contribution in [1.29, 1.82) is 5.26 Å². The van der Waals surface area contributed by atoms with Gasteiger partial charge in [-0.3, -0.25) is 10.1 Å². The Hall–Kier alpha value is -2.72. The quantitative estimate of drug-likeness (QED) is 0.471. The van der Waals surface area contributed by atoms with Crippen molar-refractivity contribution in [3.63, 3.8) is 0 Å². The lowest BCUT2D eigenvalue weighted by Gasteiger charge is -2.00. The van der Waals surface area contributed by atoms with Crippen molar-refractivity contribution in [2.45, 2.75) is 6.42 Å². The average molecular weight is 415 g/mol. The third-order valence-corrected chi connectivity index (χ3v) is 4.84. The summed E-state index contributed by atoms with van der Waals surface area (Å²) >= 11 is 13.0. The minimum atomic E-state index is -0.540. The Kier molecular flexibility index (Phi) is 6.20. The molecule has 0 bridgehead atoms. The molecule has 1 N–H and O–H groups in total. The third kappa shape index (κ3) is 5.38. The van der Waals surface area contributed by atoms with Crippen molar-refractivity contribution >= 4 is 51.7 Å². The van der Waals surface area contributed by atoms with E-state index in [-0.39, 0.29) is 5.57 Å². The van der Waals surface area contributed by atoms with Crippen molar-refractivity contribution in [3.8, 4) is 6.07 Å². The zero-order chi connectivity index (χ0) is 19.2. The lowest BCUT2D eigenvalue weighted by atomic mass is 10.1. The van der Waals surface area contributed by atoms with E-state index in [1.807, 2.05) is 18.2 Å². The first-order chi connectivity index (χ1) is 13.0. The molecule has 27 heavy (non-hydrogen) atoms. The van der Waals surface area contributed by atoms with E-state index in [9.17, 15) is 10.1 Å². The molecule has 0 radical (unpaired) electrons. The van der Waals surface area contributed by atoms with E-state index < -0.39 is 5.91 Å². The first-order valence-electron chi connectivity index (χ1n) is 7.79. The monoisotopic (exact) mass is 414 g/mol. The Morgan fingerprint density at radius 2 is 1.70 bits per heavy atom. The summed E-state index contributed by atoms with van der Waals surface area (Å²) < 4.78 is 0. The number of amides is 1. The number of aromatic nitrogens is 2. The predicted molar refractivity (Wildman–Crippen MR) is 108 cm³/mol. The molecule has 1 aromatic heterocycles. The largest absolute Gasteiger partial charge is 0.296 e. The van der Waals surface area contributed by atoms with Crippen LogP contribution in [0.3, 0.4) is 0 Å². The zero-order valence-corrected chi connectivity index (χ0v) is 16.1. The van der Waals surface area contributed by atoms with Gasteiger partial charge in [0.2, 0.25) is 5.13 Å². The van der Waals surface area contributed by atoms with Crippen molar-refractivity contribution in [2.75, 3.05) is 5.32 Å². The number of benzene rings is 2. The number of hydrogen-bond donors (Lipinski definition) is 1. The number of rotatable bonds is 5. The molecular formula is C19H12Cl2N4OS. The number of halogens is 2. The van der Waals surface area contributed by atoms with Gasteiger partial charge in [0.25, 0.3) is 5.91 Å². The van der Waals surface area contributed by atoms with Crippen LogP contribution in [0.15, 0.2) is 54.1 Å². The highest BCUT2D eigenvalue weighted by atomic mass is 35.5. The molecule has 0 saturated heterocycles. The maximum atomic E-state index is 12.3. The van der Waals surface area contributed by atoms with Crippen LogP contribution in [-0.2, 0) is 11.2 Å². The number of nitrogens with zero attached hydrogens (tertiary/aromatic N) is 3. The predicted octanol–water partition coefficient (Wildman–Crippen LogP) is 4.98. The summed E-state index contributed by atoms with van der Waals surface area (Å²) in [7, 11) is 0. The van der Waals surface area contributed by atoms with E-state index in [0.29, 0.717) is 27.2 Å². The van der Waals surface area contributed by atoms with Gasteiger partial charge < -0.3 is 0 Å². The SMILES string of the molecule is N#C/C(=C\c1ccc(Cl)cc1)C(=O)Nc1nnc(Cc2ccc(Cl)cc2)s1. The molecule has 0 aliphatic heterocycles. The molecule has 0 aliphatic carbocycles. The number of anilines is 1. The smallest absolute Gasteiger partial charge is 0.268 e. The topological polar surface area (TPSA) is 78.7 Å². The number of carbonyl (C=O) groups excluding carboxylic acids is 1. The fourth-order valence-corrected chi connectivity index (χ4v) is 3.21. The van der Waals surface area contributed by atoms with Gasteiger partial charge in [-0.25, -0.2) is 0 Å². The molecule has 0 atom stereocenters. The molecule has 8 heteroatoms. The van der Waals surface area contributed by atoms with Gasteiger partial charge in [0.15, 0.2) is 0 Å². The number of hydrogen-bond acceptors (Lipinski definition) is 5. The normalized spacial score (nSPS) is 11.1. The van der Waals surface area contributed by atoms with Crippen molar-refractivity contribution in [2.24, 2.45) is 0 Å². The Bertz CT molecular complexity index is 1020. The summed E-state index contributed by atoms with van der Waals surface area (Å²) in [5.74, 6) is -0.540. The van der Waals surface area contributed by atoms with Crippen LogP contribution in [0.5, 0.6) is 0 Å².